The zero-order chi connectivity index (χ0) is 10.8. The van der Waals surface area contributed by atoms with Crippen LogP contribution in [0.15, 0.2) is 22.9 Å². The van der Waals surface area contributed by atoms with E-state index < -0.39 is 0 Å². The van der Waals surface area contributed by atoms with Gasteiger partial charge in [-0.15, -0.1) is 0 Å². The molecule has 0 aliphatic carbocycles. The Morgan fingerprint density at radius 1 is 1.33 bits per heavy atom. The van der Waals surface area contributed by atoms with E-state index in [-0.39, 0.29) is 0 Å². The van der Waals surface area contributed by atoms with E-state index >= 15 is 0 Å². The third kappa shape index (κ3) is 2.36. The summed E-state index contributed by atoms with van der Waals surface area (Å²) in [7, 11) is 0. The molecule has 2 aromatic rings. The molecule has 15 heavy (non-hydrogen) atoms. The van der Waals surface area contributed by atoms with Crippen LogP contribution in [-0.2, 0) is 0 Å². The summed E-state index contributed by atoms with van der Waals surface area (Å²) in [4.78, 5) is 8.71. The minimum absolute atomic E-state index is 0.364. The van der Waals surface area contributed by atoms with Crippen LogP contribution in [0.5, 0.6) is 0 Å². The molecule has 4 heteroatoms. The highest BCUT2D eigenvalue weighted by atomic mass is 35.5. The van der Waals surface area contributed by atoms with Gasteiger partial charge >= 0.3 is 0 Å². The summed E-state index contributed by atoms with van der Waals surface area (Å²) in [5.74, 6) is 1.08. The Labute approximate surface area is 98.0 Å². The molecule has 0 aliphatic heterocycles. The van der Waals surface area contributed by atoms with Crippen LogP contribution in [0.25, 0.3) is 11.4 Å². The summed E-state index contributed by atoms with van der Waals surface area (Å²) < 4.78 is 0. The largest absolute Gasteiger partial charge is 0.233 e. The Balaban J connectivity index is 2.49. The topological polar surface area (TPSA) is 25.8 Å². The van der Waals surface area contributed by atoms with Crippen LogP contribution < -0.4 is 0 Å². The Kier molecular flexibility index (Phi) is 3.03. The fraction of sp³-hybridized carbons (Fsp3) is 0.273. The molecule has 0 spiro atoms. The molecular weight excluding hydrogens is 228 g/mol. The van der Waals surface area contributed by atoms with Crippen LogP contribution in [0.2, 0.25) is 5.15 Å². The van der Waals surface area contributed by atoms with Crippen molar-refractivity contribution in [3.05, 3.63) is 33.7 Å². The SMILES string of the molecule is CC(C)c1cc(Cl)nc(-c2ccsc2)n1. The first-order valence-electron chi connectivity index (χ1n) is 4.74. The predicted molar refractivity (Wildman–Crippen MR) is 64.4 cm³/mol. The molecule has 0 saturated heterocycles. The maximum Gasteiger partial charge on any atom is 0.161 e. The second kappa shape index (κ2) is 4.29. The van der Waals surface area contributed by atoms with E-state index in [9.17, 15) is 0 Å². The lowest BCUT2D eigenvalue weighted by atomic mass is 10.1. The van der Waals surface area contributed by atoms with E-state index in [1.54, 1.807) is 11.3 Å². The van der Waals surface area contributed by atoms with Gasteiger partial charge in [-0.05, 0) is 23.4 Å². The van der Waals surface area contributed by atoms with Gasteiger partial charge in [0.1, 0.15) is 5.15 Å². The van der Waals surface area contributed by atoms with Gasteiger partial charge in [0.15, 0.2) is 5.82 Å². The average Bonchev–Trinajstić information content (AvgIpc) is 2.69. The van der Waals surface area contributed by atoms with Gasteiger partial charge in [0.25, 0.3) is 0 Å². The Bertz CT molecular complexity index is 452. The lowest BCUT2D eigenvalue weighted by molar-refractivity contribution is 0.817. The van der Waals surface area contributed by atoms with Gasteiger partial charge in [-0.1, -0.05) is 25.4 Å². The molecule has 0 fully saturated rings. The minimum Gasteiger partial charge on any atom is -0.233 e. The van der Waals surface area contributed by atoms with Gasteiger partial charge in [-0.25, -0.2) is 9.97 Å². The van der Waals surface area contributed by atoms with Gasteiger partial charge < -0.3 is 0 Å². The van der Waals surface area contributed by atoms with Crippen molar-refractivity contribution in [3.8, 4) is 11.4 Å². The average molecular weight is 239 g/mol. The van der Waals surface area contributed by atoms with Crippen molar-refractivity contribution in [2.24, 2.45) is 0 Å². The van der Waals surface area contributed by atoms with Crippen molar-refractivity contribution in [2.75, 3.05) is 0 Å². The molecule has 2 nitrogen and oxygen atoms in total. The molecule has 0 atom stereocenters. The van der Waals surface area contributed by atoms with Crippen molar-refractivity contribution in [3.63, 3.8) is 0 Å². The number of nitrogens with zero attached hydrogens (tertiary/aromatic N) is 2. The third-order valence-corrected chi connectivity index (χ3v) is 2.96. The molecule has 78 valence electrons. The highest BCUT2D eigenvalue weighted by Gasteiger charge is 2.08. The van der Waals surface area contributed by atoms with E-state index in [1.165, 1.54) is 0 Å². The monoisotopic (exact) mass is 238 g/mol. The Hall–Kier alpha value is -0.930. The minimum atomic E-state index is 0.364. The van der Waals surface area contributed by atoms with Crippen LogP contribution in [-0.4, -0.2) is 9.97 Å². The quantitative estimate of drug-likeness (QED) is 0.740. The highest BCUT2D eigenvalue weighted by molar-refractivity contribution is 7.08. The van der Waals surface area contributed by atoms with Gasteiger partial charge in [0.05, 0.1) is 0 Å². The molecule has 2 heterocycles. The molecule has 2 aromatic heterocycles. The maximum atomic E-state index is 5.96. The van der Waals surface area contributed by atoms with E-state index in [1.807, 2.05) is 22.9 Å². The molecule has 0 bridgehead atoms. The van der Waals surface area contributed by atoms with Crippen molar-refractivity contribution in [1.29, 1.82) is 0 Å². The molecule has 0 radical (unpaired) electrons. The molecular formula is C11H11ClN2S. The van der Waals surface area contributed by atoms with Crippen LogP contribution in [0, 0.1) is 0 Å². The molecule has 2 rings (SSSR count). The summed E-state index contributed by atoms with van der Waals surface area (Å²) in [6, 6.07) is 3.82. The van der Waals surface area contributed by atoms with Gasteiger partial charge in [0, 0.05) is 16.6 Å². The second-order valence-corrected chi connectivity index (χ2v) is 4.77. The first-order valence-corrected chi connectivity index (χ1v) is 6.06. The summed E-state index contributed by atoms with van der Waals surface area (Å²) in [6.07, 6.45) is 0. The van der Waals surface area contributed by atoms with Crippen molar-refractivity contribution in [2.45, 2.75) is 19.8 Å². The van der Waals surface area contributed by atoms with Crippen LogP contribution in [0.3, 0.4) is 0 Å². The lowest BCUT2D eigenvalue weighted by Crippen LogP contribution is -1.97. The van der Waals surface area contributed by atoms with E-state index in [0.717, 1.165) is 11.3 Å². The molecule has 0 aliphatic rings. The summed E-state index contributed by atoms with van der Waals surface area (Å²) in [6.45, 7) is 4.19. The van der Waals surface area contributed by atoms with Crippen LogP contribution in [0.1, 0.15) is 25.5 Å². The van der Waals surface area contributed by atoms with Crippen LogP contribution >= 0.6 is 22.9 Å². The van der Waals surface area contributed by atoms with Crippen LogP contribution in [0.4, 0.5) is 0 Å². The first-order chi connectivity index (χ1) is 7.16. The Morgan fingerprint density at radius 2 is 2.13 bits per heavy atom. The normalized spacial score (nSPS) is 10.9. The zero-order valence-corrected chi connectivity index (χ0v) is 10.1. The van der Waals surface area contributed by atoms with Crippen molar-refractivity contribution >= 4 is 22.9 Å². The van der Waals surface area contributed by atoms with Gasteiger partial charge in [-0.2, -0.15) is 11.3 Å². The first kappa shape index (κ1) is 10.6. The van der Waals surface area contributed by atoms with Gasteiger partial charge in [0.2, 0.25) is 0 Å². The standard InChI is InChI=1S/C11H11ClN2S/c1-7(2)9-5-10(12)14-11(13-9)8-3-4-15-6-8/h3-7H,1-2H3. The van der Waals surface area contributed by atoms with Crippen molar-refractivity contribution < 1.29 is 0 Å². The van der Waals surface area contributed by atoms with Crippen molar-refractivity contribution in [1.82, 2.24) is 9.97 Å². The fourth-order valence-corrected chi connectivity index (χ4v) is 2.08. The smallest absolute Gasteiger partial charge is 0.161 e. The fourth-order valence-electron chi connectivity index (χ4n) is 1.25. The second-order valence-electron chi connectivity index (χ2n) is 3.61. The molecule has 0 saturated carbocycles. The molecule has 0 N–H and O–H groups in total. The van der Waals surface area contributed by atoms with Gasteiger partial charge in [-0.3, -0.25) is 0 Å². The number of halogens is 1. The van der Waals surface area contributed by atoms with E-state index in [2.05, 4.69) is 23.8 Å². The lowest BCUT2D eigenvalue weighted by Gasteiger charge is -2.06. The number of aromatic nitrogens is 2. The predicted octanol–water partition coefficient (Wildman–Crippen LogP) is 3.98. The zero-order valence-electron chi connectivity index (χ0n) is 8.57. The number of hydrogen-bond donors (Lipinski definition) is 0. The maximum absolute atomic E-state index is 5.96. The third-order valence-electron chi connectivity index (χ3n) is 2.09. The number of hydrogen-bond acceptors (Lipinski definition) is 3. The van der Waals surface area contributed by atoms with E-state index in [0.29, 0.717) is 16.9 Å². The molecule has 0 amide bonds. The highest BCUT2D eigenvalue weighted by Crippen LogP contribution is 2.23. The summed E-state index contributed by atoms with van der Waals surface area (Å²) in [5.41, 5.74) is 2.01. The number of rotatable bonds is 2. The van der Waals surface area contributed by atoms with E-state index in [4.69, 9.17) is 11.6 Å². The Morgan fingerprint density at radius 3 is 2.73 bits per heavy atom. The number of thiophene rings is 1. The molecule has 0 unspecified atom stereocenters. The molecule has 0 aromatic carbocycles. The summed E-state index contributed by atoms with van der Waals surface area (Å²) in [5, 5.41) is 4.54. The summed E-state index contributed by atoms with van der Waals surface area (Å²) >= 11 is 7.59.